The Hall–Kier alpha value is -1.80. The predicted octanol–water partition coefficient (Wildman–Crippen LogP) is 2.35. The van der Waals surface area contributed by atoms with Gasteiger partial charge in [-0.05, 0) is 65.1 Å². The molecular formula is C15H15IN2O3. The number of carbonyl (C=O) groups excluding carboxylic acids is 1. The first kappa shape index (κ1) is 15.6. The maximum Gasteiger partial charge on any atom is 0.265 e. The van der Waals surface area contributed by atoms with Gasteiger partial charge in [0.2, 0.25) is 0 Å². The molecule has 0 aliphatic rings. The second kappa shape index (κ2) is 7.84. The van der Waals surface area contributed by atoms with Crippen LogP contribution in [0, 0.1) is 3.57 Å². The van der Waals surface area contributed by atoms with Crippen LogP contribution in [0.25, 0.3) is 0 Å². The quantitative estimate of drug-likeness (QED) is 0.258. The summed E-state index contributed by atoms with van der Waals surface area (Å²) in [6, 6.07) is 14.5. The van der Waals surface area contributed by atoms with E-state index in [4.69, 9.17) is 15.3 Å². The van der Waals surface area contributed by atoms with E-state index in [0.717, 1.165) is 9.32 Å². The van der Waals surface area contributed by atoms with Crippen LogP contribution in [0.3, 0.4) is 0 Å². The van der Waals surface area contributed by atoms with Gasteiger partial charge in [0.25, 0.3) is 5.91 Å². The standard InChI is InChI=1S/C15H15IN2O3/c16-12-2-1-3-14(10-12)21-9-8-20-13-6-4-11(5-7-13)15(19)18-17/h1-7,10H,8-9,17H2,(H,18,19). The molecule has 0 aliphatic carbocycles. The van der Waals surface area contributed by atoms with E-state index < -0.39 is 0 Å². The topological polar surface area (TPSA) is 73.6 Å². The summed E-state index contributed by atoms with van der Waals surface area (Å²) in [5.41, 5.74) is 2.56. The number of hydrazine groups is 1. The summed E-state index contributed by atoms with van der Waals surface area (Å²) in [5, 5.41) is 0. The van der Waals surface area contributed by atoms with Gasteiger partial charge in [-0.2, -0.15) is 0 Å². The van der Waals surface area contributed by atoms with E-state index in [9.17, 15) is 4.79 Å². The fraction of sp³-hybridized carbons (Fsp3) is 0.133. The van der Waals surface area contributed by atoms with Crippen LogP contribution in [0.2, 0.25) is 0 Å². The van der Waals surface area contributed by atoms with E-state index in [1.807, 2.05) is 24.3 Å². The molecule has 1 amide bonds. The van der Waals surface area contributed by atoms with Crippen LogP contribution in [-0.4, -0.2) is 19.1 Å². The third kappa shape index (κ3) is 4.91. The summed E-state index contributed by atoms with van der Waals surface area (Å²) in [5.74, 6) is 6.22. The molecule has 2 aromatic carbocycles. The van der Waals surface area contributed by atoms with Crippen molar-refractivity contribution < 1.29 is 14.3 Å². The molecule has 3 N–H and O–H groups in total. The monoisotopic (exact) mass is 398 g/mol. The van der Waals surface area contributed by atoms with E-state index in [-0.39, 0.29) is 5.91 Å². The SMILES string of the molecule is NNC(=O)c1ccc(OCCOc2cccc(I)c2)cc1. The fourth-order valence-electron chi connectivity index (χ4n) is 1.66. The number of hydrogen-bond acceptors (Lipinski definition) is 4. The molecule has 0 aromatic heterocycles. The van der Waals surface area contributed by atoms with Crippen molar-refractivity contribution in [3.05, 3.63) is 57.7 Å². The van der Waals surface area contributed by atoms with Gasteiger partial charge >= 0.3 is 0 Å². The lowest BCUT2D eigenvalue weighted by molar-refractivity contribution is 0.0953. The molecule has 2 rings (SSSR count). The van der Waals surface area contributed by atoms with Crippen LogP contribution in [0.5, 0.6) is 11.5 Å². The Morgan fingerprint density at radius 2 is 1.71 bits per heavy atom. The fourth-order valence-corrected chi connectivity index (χ4v) is 2.18. The largest absolute Gasteiger partial charge is 0.490 e. The molecule has 110 valence electrons. The van der Waals surface area contributed by atoms with E-state index in [1.54, 1.807) is 24.3 Å². The summed E-state index contributed by atoms with van der Waals surface area (Å²) in [7, 11) is 0. The van der Waals surface area contributed by atoms with Gasteiger partial charge in [-0.1, -0.05) is 6.07 Å². The van der Waals surface area contributed by atoms with Gasteiger partial charge in [-0.15, -0.1) is 0 Å². The molecule has 0 radical (unpaired) electrons. The van der Waals surface area contributed by atoms with Crippen LogP contribution in [0.15, 0.2) is 48.5 Å². The molecule has 0 spiro atoms. The van der Waals surface area contributed by atoms with Crippen molar-refractivity contribution in [2.75, 3.05) is 13.2 Å². The molecular weight excluding hydrogens is 383 g/mol. The Morgan fingerprint density at radius 3 is 2.33 bits per heavy atom. The van der Waals surface area contributed by atoms with Crippen molar-refractivity contribution in [3.63, 3.8) is 0 Å². The molecule has 0 saturated carbocycles. The molecule has 0 aliphatic heterocycles. The van der Waals surface area contributed by atoms with Crippen LogP contribution in [0.1, 0.15) is 10.4 Å². The summed E-state index contributed by atoms with van der Waals surface area (Å²) < 4.78 is 12.2. The van der Waals surface area contributed by atoms with Gasteiger partial charge in [0, 0.05) is 9.13 Å². The summed E-state index contributed by atoms with van der Waals surface area (Å²) in [6.07, 6.45) is 0. The number of nitrogen functional groups attached to an aromatic ring is 1. The van der Waals surface area contributed by atoms with Gasteiger partial charge in [0.15, 0.2) is 0 Å². The number of carbonyl (C=O) groups is 1. The minimum absolute atomic E-state index is 0.330. The van der Waals surface area contributed by atoms with Gasteiger partial charge in [0.05, 0.1) is 0 Å². The predicted molar refractivity (Wildman–Crippen MR) is 88.2 cm³/mol. The average Bonchev–Trinajstić information content (AvgIpc) is 2.51. The second-order valence-electron chi connectivity index (χ2n) is 4.15. The van der Waals surface area contributed by atoms with Gasteiger partial charge in [-0.3, -0.25) is 10.2 Å². The van der Waals surface area contributed by atoms with E-state index >= 15 is 0 Å². The first-order valence-electron chi connectivity index (χ1n) is 6.31. The average molecular weight is 398 g/mol. The third-order valence-electron chi connectivity index (χ3n) is 2.66. The van der Waals surface area contributed by atoms with Gasteiger partial charge in [0.1, 0.15) is 24.7 Å². The van der Waals surface area contributed by atoms with E-state index in [0.29, 0.717) is 24.5 Å². The third-order valence-corrected chi connectivity index (χ3v) is 3.34. The summed E-state index contributed by atoms with van der Waals surface area (Å²) >= 11 is 2.23. The van der Waals surface area contributed by atoms with Crippen LogP contribution in [0.4, 0.5) is 0 Å². The van der Waals surface area contributed by atoms with Crippen molar-refractivity contribution in [1.82, 2.24) is 5.43 Å². The van der Waals surface area contributed by atoms with Gasteiger partial charge in [-0.25, -0.2) is 5.84 Å². The Kier molecular flexibility index (Phi) is 5.82. The number of hydrogen-bond donors (Lipinski definition) is 2. The highest BCUT2D eigenvalue weighted by Gasteiger charge is 2.03. The molecule has 0 unspecified atom stereocenters. The second-order valence-corrected chi connectivity index (χ2v) is 5.40. The molecule has 0 atom stereocenters. The van der Waals surface area contributed by atoms with Crippen molar-refractivity contribution in [1.29, 1.82) is 0 Å². The Morgan fingerprint density at radius 1 is 1.05 bits per heavy atom. The molecule has 0 fully saturated rings. The molecule has 0 saturated heterocycles. The van der Waals surface area contributed by atoms with E-state index in [2.05, 4.69) is 28.0 Å². The normalized spacial score (nSPS) is 10.0. The lowest BCUT2D eigenvalue weighted by Gasteiger charge is -2.09. The van der Waals surface area contributed by atoms with Crippen LogP contribution < -0.4 is 20.7 Å². The lowest BCUT2D eigenvalue weighted by atomic mass is 10.2. The number of nitrogens with two attached hydrogens (primary N) is 1. The van der Waals surface area contributed by atoms with Crippen molar-refractivity contribution >= 4 is 28.5 Å². The maximum absolute atomic E-state index is 11.3. The zero-order valence-corrected chi connectivity index (χ0v) is 13.4. The highest BCUT2D eigenvalue weighted by molar-refractivity contribution is 14.1. The van der Waals surface area contributed by atoms with Crippen molar-refractivity contribution in [2.45, 2.75) is 0 Å². The minimum Gasteiger partial charge on any atom is -0.490 e. The van der Waals surface area contributed by atoms with Crippen LogP contribution in [-0.2, 0) is 0 Å². The Balaban J connectivity index is 1.77. The molecule has 5 nitrogen and oxygen atoms in total. The molecule has 0 bridgehead atoms. The molecule has 2 aromatic rings. The number of ether oxygens (including phenoxy) is 2. The van der Waals surface area contributed by atoms with Crippen molar-refractivity contribution in [3.8, 4) is 11.5 Å². The Labute approximate surface area is 136 Å². The number of nitrogens with one attached hydrogen (secondary N) is 1. The summed E-state index contributed by atoms with van der Waals surface area (Å²) in [4.78, 5) is 11.3. The highest BCUT2D eigenvalue weighted by atomic mass is 127. The first-order valence-corrected chi connectivity index (χ1v) is 7.39. The van der Waals surface area contributed by atoms with Crippen LogP contribution >= 0.6 is 22.6 Å². The zero-order valence-electron chi connectivity index (χ0n) is 11.2. The highest BCUT2D eigenvalue weighted by Crippen LogP contribution is 2.15. The number of benzene rings is 2. The Bertz CT molecular complexity index is 602. The maximum atomic E-state index is 11.3. The number of amides is 1. The van der Waals surface area contributed by atoms with E-state index in [1.165, 1.54) is 0 Å². The zero-order chi connectivity index (χ0) is 15.1. The smallest absolute Gasteiger partial charge is 0.265 e. The number of rotatable bonds is 6. The van der Waals surface area contributed by atoms with Gasteiger partial charge < -0.3 is 9.47 Å². The molecule has 21 heavy (non-hydrogen) atoms. The lowest BCUT2D eigenvalue weighted by Crippen LogP contribution is -2.29. The summed E-state index contributed by atoms with van der Waals surface area (Å²) in [6.45, 7) is 0.874. The first-order chi connectivity index (χ1) is 10.2. The molecule has 0 heterocycles. The minimum atomic E-state index is -0.330. The van der Waals surface area contributed by atoms with Crippen molar-refractivity contribution in [2.24, 2.45) is 5.84 Å². The molecule has 6 heteroatoms. The number of halogens is 1.